The molecule has 0 saturated carbocycles. The molecule has 0 aliphatic heterocycles. The highest BCUT2D eigenvalue weighted by atomic mass is 32.2. The van der Waals surface area contributed by atoms with E-state index in [9.17, 15) is 14.4 Å². The molecule has 4 rings (SSSR count). The molecule has 0 spiro atoms. The van der Waals surface area contributed by atoms with Crippen LogP contribution in [0.3, 0.4) is 0 Å². The van der Waals surface area contributed by atoms with E-state index in [0.717, 1.165) is 5.56 Å². The molecule has 7 heteroatoms. The van der Waals surface area contributed by atoms with Crippen molar-refractivity contribution in [3.05, 3.63) is 94.3 Å². The first-order valence-electron chi connectivity index (χ1n) is 10.5. The lowest BCUT2D eigenvalue weighted by atomic mass is 10.1. The number of Topliss-reactive ketones (excluding diaryl/α,β-unsaturated/α-hetero) is 1. The second kappa shape index (κ2) is 9.42. The van der Waals surface area contributed by atoms with Crippen molar-refractivity contribution < 1.29 is 9.59 Å². The minimum Gasteiger partial charge on any atom is -0.325 e. The molecule has 0 saturated heterocycles. The molecule has 0 aliphatic rings. The van der Waals surface area contributed by atoms with Gasteiger partial charge in [-0.1, -0.05) is 41.6 Å². The molecule has 33 heavy (non-hydrogen) atoms. The number of anilines is 1. The van der Waals surface area contributed by atoms with Gasteiger partial charge in [0.15, 0.2) is 10.9 Å². The van der Waals surface area contributed by atoms with Gasteiger partial charge in [0.05, 0.1) is 21.8 Å². The maximum atomic E-state index is 13.3. The number of hydrogen-bond donors (Lipinski definition) is 1. The topological polar surface area (TPSA) is 81.1 Å². The molecule has 1 unspecified atom stereocenters. The van der Waals surface area contributed by atoms with Gasteiger partial charge >= 0.3 is 0 Å². The van der Waals surface area contributed by atoms with E-state index in [1.165, 1.54) is 18.7 Å². The molecule has 1 N–H and O–H groups in total. The number of aromatic nitrogens is 2. The van der Waals surface area contributed by atoms with Crippen molar-refractivity contribution in [1.82, 2.24) is 9.55 Å². The van der Waals surface area contributed by atoms with E-state index in [1.807, 2.05) is 43.3 Å². The number of fused-ring (bicyclic) bond motifs is 1. The Balaban J connectivity index is 1.66. The predicted molar refractivity (Wildman–Crippen MR) is 132 cm³/mol. The van der Waals surface area contributed by atoms with Crippen LogP contribution < -0.4 is 10.9 Å². The monoisotopic (exact) mass is 457 g/mol. The number of rotatable bonds is 6. The van der Waals surface area contributed by atoms with Crippen molar-refractivity contribution >= 4 is 40.0 Å². The van der Waals surface area contributed by atoms with E-state index < -0.39 is 5.25 Å². The number of hydrogen-bond acceptors (Lipinski definition) is 5. The lowest BCUT2D eigenvalue weighted by Crippen LogP contribution is -2.26. The van der Waals surface area contributed by atoms with Crippen LogP contribution in [0.5, 0.6) is 0 Å². The number of benzene rings is 3. The molecular formula is C26H23N3O3S. The second-order valence-electron chi connectivity index (χ2n) is 7.77. The molecule has 1 aromatic heterocycles. The number of carbonyl (C=O) groups is 2. The van der Waals surface area contributed by atoms with E-state index in [0.29, 0.717) is 33.0 Å². The van der Waals surface area contributed by atoms with Crippen molar-refractivity contribution in [3.63, 3.8) is 0 Å². The molecule has 0 aliphatic carbocycles. The lowest BCUT2D eigenvalue weighted by molar-refractivity contribution is -0.115. The first-order valence-corrected chi connectivity index (χ1v) is 11.4. The average molecular weight is 458 g/mol. The third-order valence-electron chi connectivity index (χ3n) is 5.25. The maximum Gasteiger partial charge on any atom is 0.266 e. The van der Waals surface area contributed by atoms with Gasteiger partial charge in [-0.2, -0.15) is 0 Å². The Morgan fingerprint density at radius 1 is 0.970 bits per heavy atom. The normalized spacial score (nSPS) is 11.8. The fourth-order valence-electron chi connectivity index (χ4n) is 3.36. The van der Waals surface area contributed by atoms with Gasteiger partial charge in [-0.3, -0.25) is 19.0 Å². The zero-order valence-corrected chi connectivity index (χ0v) is 19.3. The number of carbonyl (C=O) groups excluding carboxylic acids is 2. The lowest BCUT2D eigenvalue weighted by Gasteiger charge is -2.16. The number of aryl methyl sites for hydroxylation is 1. The van der Waals surface area contributed by atoms with Gasteiger partial charge in [0.25, 0.3) is 5.56 Å². The number of ketones is 1. The van der Waals surface area contributed by atoms with E-state index >= 15 is 0 Å². The molecule has 1 atom stereocenters. The van der Waals surface area contributed by atoms with Crippen LogP contribution in [-0.4, -0.2) is 26.5 Å². The van der Waals surface area contributed by atoms with Crippen LogP contribution in [0.25, 0.3) is 16.6 Å². The minimum atomic E-state index is -0.526. The summed E-state index contributed by atoms with van der Waals surface area (Å²) >= 11 is 1.22. The summed E-state index contributed by atoms with van der Waals surface area (Å²) < 4.78 is 1.55. The molecule has 1 heterocycles. The van der Waals surface area contributed by atoms with E-state index in [1.54, 1.807) is 47.9 Å². The maximum absolute atomic E-state index is 13.3. The molecule has 6 nitrogen and oxygen atoms in total. The molecule has 0 bridgehead atoms. The van der Waals surface area contributed by atoms with Crippen LogP contribution in [0.15, 0.2) is 82.7 Å². The smallest absolute Gasteiger partial charge is 0.266 e. The zero-order chi connectivity index (χ0) is 23.5. The summed E-state index contributed by atoms with van der Waals surface area (Å²) in [6.45, 7) is 5.25. The van der Waals surface area contributed by atoms with Crippen LogP contribution in [0.4, 0.5) is 5.69 Å². The van der Waals surface area contributed by atoms with Gasteiger partial charge in [0, 0.05) is 11.3 Å². The minimum absolute atomic E-state index is 0.0340. The van der Waals surface area contributed by atoms with Gasteiger partial charge in [-0.15, -0.1) is 0 Å². The van der Waals surface area contributed by atoms with Crippen molar-refractivity contribution in [2.75, 3.05) is 5.32 Å². The van der Waals surface area contributed by atoms with Crippen molar-refractivity contribution in [3.8, 4) is 5.69 Å². The van der Waals surface area contributed by atoms with Crippen LogP contribution in [0.2, 0.25) is 0 Å². The van der Waals surface area contributed by atoms with Gasteiger partial charge < -0.3 is 5.32 Å². The summed E-state index contributed by atoms with van der Waals surface area (Å²) in [5, 5.41) is 3.30. The van der Waals surface area contributed by atoms with Crippen LogP contribution in [0, 0.1) is 6.92 Å². The third-order valence-corrected chi connectivity index (χ3v) is 6.30. The predicted octanol–water partition coefficient (Wildman–Crippen LogP) is 5.02. The zero-order valence-electron chi connectivity index (χ0n) is 18.5. The Morgan fingerprint density at radius 2 is 1.64 bits per heavy atom. The highest BCUT2D eigenvalue weighted by molar-refractivity contribution is 8.00. The first kappa shape index (κ1) is 22.5. The van der Waals surface area contributed by atoms with E-state index in [4.69, 9.17) is 4.98 Å². The summed E-state index contributed by atoms with van der Waals surface area (Å²) in [7, 11) is 0. The molecular weight excluding hydrogens is 434 g/mol. The van der Waals surface area contributed by atoms with Crippen molar-refractivity contribution in [2.45, 2.75) is 31.2 Å². The Kier molecular flexibility index (Phi) is 6.42. The Hall–Kier alpha value is -3.71. The number of amides is 1. The van der Waals surface area contributed by atoms with Gasteiger partial charge in [-0.05, 0) is 69.3 Å². The van der Waals surface area contributed by atoms with Gasteiger partial charge in [-0.25, -0.2) is 4.98 Å². The molecule has 0 radical (unpaired) electrons. The number of nitrogens with zero attached hydrogens (tertiary/aromatic N) is 2. The summed E-state index contributed by atoms with van der Waals surface area (Å²) in [4.78, 5) is 42.4. The second-order valence-corrected chi connectivity index (χ2v) is 9.08. The SMILES string of the molecule is CC(=O)c1ccc(NC(=O)C(C)Sc2nc3ccccc3c(=O)n2-c2ccc(C)cc2)cc1. The van der Waals surface area contributed by atoms with E-state index in [2.05, 4.69) is 5.32 Å². The summed E-state index contributed by atoms with van der Waals surface area (Å²) in [6, 6.07) is 21.6. The molecule has 166 valence electrons. The largest absolute Gasteiger partial charge is 0.325 e. The van der Waals surface area contributed by atoms with Crippen LogP contribution in [-0.2, 0) is 4.79 Å². The molecule has 0 fully saturated rings. The highest BCUT2D eigenvalue weighted by Gasteiger charge is 2.20. The van der Waals surface area contributed by atoms with Crippen LogP contribution >= 0.6 is 11.8 Å². The quantitative estimate of drug-likeness (QED) is 0.250. The Morgan fingerprint density at radius 3 is 2.30 bits per heavy atom. The standard InChI is InChI=1S/C26H23N3O3S/c1-16-8-14-21(15-9-16)29-25(32)22-6-4-5-7-23(22)28-26(29)33-18(3)24(31)27-20-12-10-19(11-13-20)17(2)30/h4-15,18H,1-3H3,(H,27,31). The van der Waals surface area contributed by atoms with Crippen molar-refractivity contribution in [2.24, 2.45) is 0 Å². The van der Waals surface area contributed by atoms with Crippen LogP contribution in [0.1, 0.15) is 29.8 Å². The fourth-order valence-corrected chi connectivity index (χ4v) is 4.28. The highest BCUT2D eigenvalue weighted by Crippen LogP contribution is 2.26. The average Bonchev–Trinajstić information content (AvgIpc) is 2.80. The molecule has 1 amide bonds. The van der Waals surface area contributed by atoms with Crippen molar-refractivity contribution in [1.29, 1.82) is 0 Å². The molecule has 4 aromatic rings. The summed E-state index contributed by atoms with van der Waals surface area (Å²) in [5.74, 6) is -0.262. The Bertz CT molecular complexity index is 1390. The van der Waals surface area contributed by atoms with Gasteiger partial charge in [0.2, 0.25) is 5.91 Å². The van der Waals surface area contributed by atoms with E-state index in [-0.39, 0.29) is 17.2 Å². The first-order chi connectivity index (χ1) is 15.8. The summed E-state index contributed by atoms with van der Waals surface area (Å²) in [5.41, 5.74) is 3.36. The van der Waals surface area contributed by atoms with Gasteiger partial charge in [0.1, 0.15) is 0 Å². The number of nitrogens with one attached hydrogen (secondary N) is 1. The number of para-hydroxylation sites is 1. The third kappa shape index (κ3) is 4.88. The Labute approximate surface area is 195 Å². The summed E-state index contributed by atoms with van der Waals surface area (Å²) in [6.07, 6.45) is 0. The number of thioether (sulfide) groups is 1. The fraction of sp³-hybridized carbons (Fsp3) is 0.154. The molecule has 3 aromatic carbocycles.